The van der Waals surface area contributed by atoms with Gasteiger partial charge >= 0.3 is 11.9 Å². The van der Waals surface area contributed by atoms with Gasteiger partial charge in [-0.2, -0.15) is 0 Å². The largest absolute Gasteiger partial charge is 0.481 e. The summed E-state index contributed by atoms with van der Waals surface area (Å²) in [7, 11) is 5.92. The van der Waals surface area contributed by atoms with Crippen molar-refractivity contribution >= 4 is 11.9 Å². The number of hydrogen-bond donors (Lipinski definition) is 1. The topological polar surface area (TPSA) is 63.6 Å². The Morgan fingerprint density at radius 1 is 0.676 bits per heavy atom. The Hall–Kier alpha value is -1.10. The maximum absolute atomic E-state index is 12.1. The second kappa shape index (κ2) is 24.0. The van der Waals surface area contributed by atoms with Crippen molar-refractivity contribution in [2.45, 2.75) is 161 Å². The Labute approximate surface area is 230 Å². The lowest BCUT2D eigenvalue weighted by Gasteiger charge is -2.28. The van der Waals surface area contributed by atoms with Crippen LogP contribution < -0.4 is 0 Å². The highest BCUT2D eigenvalue weighted by atomic mass is 16.5. The summed E-state index contributed by atoms with van der Waals surface area (Å²) in [4.78, 5) is 23.2. The number of rotatable bonds is 27. The number of carboxylic acids is 1. The molecule has 2 atom stereocenters. The van der Waals surface area contributed by atoms with Gasteiger partial charge in [0.25, 0.3) is 0 Å². The van der Waals surface area contributed by atoms with Crippen molar-refractivity contribution in [1.29, 1.82) is 0 Å². The first-order valence-electron chi connectivity index (χ1n) is 15.9. The molecule has 0 saturated heterocycles. The second-order valence-corrected chi connectivity index (χ2v) is 12.6. The average molecular weight is 527 g/mol. The van der Waals surface area contributed by atoms with Crippen molar-refractivity contribution in [2.24, 2.45) is 5.92 Å². The van der Waals surface area contributed by atoms with Crippen LogP contribution >= 0.6 is 0 Å². The molecule has 220 valence electrons. The fourth-order valence-corrected chi connectivity index (χ4v) is 5.14. The van der Waals surface area contributed by atoms with E-state index in [4.69, 9.17) is 9.84 Å². The third-order valence-corrected chi connectivity index (χ3v) is 7.33. The molecule has 0 radical (unpaired) electrons. The number of carboxylic acid groups (broad SMARTS) is 1. The summed E-state index contributed by atoms with van der Waals surface area (Å²) in [6.45, 7) is 5.24. The van der Waals surface area contributed by atoms with Gasteiger partial charge in [0.15, 0.2) is 6.10 Å². The molecule has 0 aromatic heterocycles. The van der Waals surface area contributed by atoms with Gasteiger partial charge in [0, 0.05) is 6.42 Å². The van der Waals surface area contributed by atoms with Gasteiger partial charge in [0.2, 0.25) is 0 Å². The SMILES string of the molecule is CCCCCCCCCC(C)CCCCCCCCCCCCCC(=O)OC(CC(=O)O)C[N+](C)(C)C. The van der Waals surface area contributed by atoms with Gasteiger partial charge in [-0.3, -0.25) is 9.59 Å². The van der Waals surface area contributed by atoms with E-state index in [1.165, 1.54) is 116 Å². The number of aliphatic carboxylic acids is 1. The van der Waals surface area contributed by atoms with Gasteiger partial charge in [-0.25, -0.2) is 0 Å². The minimum atomic E-state index is -0.921. The van der Waals surface area contributed by atoms with E-state index in [0.717, 1.165) is 18.8 Å². The van der Waals surface area contributed by atoms with Crippen LogP contribution in [0.5, 0.6) is 0 Å². The summed E-state index contributed by atoms with van der Waals surface area (Å²) in [5.41, 5.74) is 0. The lowest BCUT2D eigenvalue weighted by atomic mass is 9.95. The monoisotopic (exact) mass is 526 g/mol. The predicted octanol–water partition coefficient (Wildman–Crippen LogP) is 8.93. The predicted molar refractivity (Wildman–Crippen MR) is 157 cm³/mol. The van der Waals surface area contributed by atoms with E-state index in [2.05, 4.69) is 13.8 Å². The number of nitrogens with zero attached hydrogens (tertiary/aromatic N) is 1. The number of carbonyl (C=O) groups excluding carboxylic acids is 1. The van der Waals surface area contributed by atoms with Crippen molar-refractivity contribution in [2.75, 3.05) is 27.7 Å². The minimum absolute atomic E-state index is 0.125. The van der Waals surface area contributed by atoms with Crippen LogP contribution in [0.25, 0.3) is 0 Å². The molecule has 0 fully saturated rings. The number of esters is 1. The number of likely N-dealkylation sites (N-methyl/N-ethyl adjacent to an activating group) is 1. The number of hydrogen-bond acceptors (Lipinski definition) is 3. The maximum Gasteiger partial charge on any atom is 0.307 e. The summed E-state index contributed by atoms with van der Waals surface area (Å²) in [6, 6.07) is 0. The molecule has 0 spiro atoms. The Morgan fingerprint density at radius 2 is 1.08 bits per heavy atom. The Kier molecular flexibility index (Phi) is 23.3. The van der Waals surface area contributed by atoms with Crippen LogP contribution in [0.15, 0.2) is 0 Å². The molecule has 5 heteroatoms. The molecule has 0 aliphatic carbocycles. The van der Waals surface area contributed by atoms with Crippen LogP contribution in [0.4, 0.5) is 0 Å². The first kappa shape index (κ1) is 35.9. The van der Waals surface area contributed by atoms with Gasteiger partial charge < -0.3 is 14.3 Å². The summed E-state index contributed by atoms with van der Waals surface area (Å²) >= 11 is 0. The summed E-state index contributed by atoms with van der Waals surface area (Å²) in [6.07, 6.45) is 26.4. The van der Waals surface area contributed by atoms with E-state index in [9.17, 15) is 9.59 Å². The highest BCUT2D eigenvalue weighted by Gasteiger charge is 2.24. The van der Waals surface area contributed by atoms with E-state index >= 15 is 0 Å². The Morgan fingerprint density at radius 3 is 1.49 bits per heavy atom. The van der Waals surface area contributed by atoms with E-state index in [1.807, 2.05) is 21.1 Å². The normalized spacial score (nSPS) is 13.4. The molecule has 0 bridgehead atoms. The molecule has 5 nitrogen and oxygen atoms in total. The zero-order chi connectivity index (χ0) is 27.8. The van der Waals surface area contributed by atoms with Crippen molar-refractivity contribution in [3.8, 4) is 0 Å². The van der Waals surface area contributed by atoms with Crippen LogP contribution in [-0.4, -0.2) is 55.3 Å². The summed E-state index contributed by atoms with van der Waals surface area (Å²) < 4.78 is 6.02. The third kappa shape index (κ3) is 27.7. The average Bonchev–Trinajstić information content (AvgIpc) is 2.79. The van der Waals surface area contributed by atoms with Crippen molar-refractivity contribution < 1.29 is 23.9 Å². The molecule has 0 aromatic carbocycles. The highest BCUT2D eigenvalue weighted by Crippen LogP contribution is 2.19. The van der Waals surface area contributed by atoms with Crippen LogP contribution in [0.1, 0.15) is 155 Å². The number of quaternary nitrogens is 1. The standard InChI is InChI=1S/C32H63NO4/c1-6-7-8-9-15-18-21-24-29(2)25-22-19-16-13-11-10-12-14-17-20-23-26-32(36)37-30(27-31(34)35)28-33(3,4)5/h29-30H,6-28H2,1-5H3/p+1. The van der Waals surface area contributed by atoms with Crippen molar-refractivity contribution in [1.82, 2.24) is 0 Å². The Bertz CT molecular complexity index is 543. The smallest absolute Gasteiger partial charge is 0.307 e. The molecular formula is C32H64NO4+. The van der Waals surface area contributed by atoms with E-state index in [1.54, 1.807) is 0 Å². The molecule has 0 aromatic rings. The van der Waals surface area contributed by atoms with Gasteiger partial charge in [-0.15, -0.1) is 0 Å². The Balaban J connectivity index is 3.50. The fourth-order valence-electron chi connectivity index (χ4n) is 5.14. The molecule has 0 saturated carbocycles. The maximum atomic E-state index is 12.1. The highest BCUT2D eigenvalue weighted by molar-refractivity contribution is 5.71. The molecule has 37 heavy (non-hydrogen) atoms. The quantitative estimate of drug-likeness (QED) is 0.0659. The van der Waals surface area contributed by atoms with Crippen LogP contribution in [-0.2, 0) is 14.3 Å². The summed E-state index contributed by atoms with van der Waals surface area (Å²) in [5, 5.41) is 9.06. The first-order valence-corrected chi connectivity index (χ1v) is 15.9. The van der Waals surface area contributed by atoms with Crippen LogP contribution in [0.2, 0.25) is 0 Å². The van der Waals surface area contributed by atoms with Crippen LogP contribution in [0.3, 0.4) is 0 Å². The fraction of sp³-hybridized carbons (Fsp3) is 0.938. The van der Waals surface area contributed by atoms with Gasteiger partial charge in [0.05, 0.1) is 27.6 Å². The molecule has 0 aliphatic rings. The second-order valence-electron chi connectivity index (χ2n) is 12.6. The zero-order valence-electron chi connectivity index (χ0n) is 25.5. The third-order valence-electron chi connectivity index (χ3n) is 7.33. The van der Waals surface area contributed by atoms with Gasteiger partial charge in [-0.1, -0.05) is 136 Å². The molecule has 0 rings (SSSR count). The lowest BCUT2D eigenvalue weighted by Crippen LogP contribution is -2.43. The molecule has 0 heterocycles. The van der Waals surface area contributed by atoms with Crippen molar-refractivity contribution in [3.63, 3.8) is 0 Å². The molecular weight excluding hydrogens is 462 g/mol. The van der Waals surface area contributed by atoms with Gasteiger partial charge in [-0.05, 0) is 12.3 Å². The molecule has 1 N–H and O–H groups in total. The number of carbonyl (C=O) groups is 2. The van der Waals surface area contributed by atoms with E-state index in [-0.39, 0.29) is 12.4 Å². The number of unbranched alkanes of at least 4 members (excludes halogenated alkanes) is 16. The molecule has 2 unspecified atom stereocenters. The first-order chi connectivity index (χ1) is 17.6. The van der Waals surface area contributed by atoms with Crippen LogP contribution in [0, 0.1) is 5.92 Å². The van der Waals surface area contributed by atoms with E-state index < -0.39 is 12.1 Å². The van der Waals surface area contributed by atoms with Crippen molar-refractivity contribution in [3.05, 3.63) is 0 Å². The minimum Gasteiger partial charge on any atom is -0.481 e. The zero-order valence-corrected chi connectivity index (χ0v) is 25.5. The van der Waals surface area contributed by atoms with Gasteiger partial charge in [0.1, 0.15) is 6.54 Å². The molecule has 0 aliphatic heterocycles. The van der Waals surface area contributed by atoms with E-state index in [0.29, 0.717) is 17.4 Å². The number of ether oxygens (including phenoxy) is 1. The molecule has 0 amide bonds. The summed E-state index contributed by atoms with van der Waals surface area (Å²) in [5.74, 6) is -0.270. The lowest BCUT2D eigenvalue weighted by molar-refractivity contribution is -0.873.